The average molecular weight is 399 g/mol. The second-order valence-corrected chi connectivity index (χ2v) is 8.24. The predicted octanol–water partition coefficient (Wildman–Crippen LogP) is 3.41. The Labute approximate surface area is 171 Å². The van der Waals surface area contributed by atoms with Gasteiger partial charge in [-0.2, -0.15) is 0 Å². The Morgan fingerprint density at radius 3 is 2.24 bits per heavy atom. The summed E-state index contributed by atoms with van der Waals surface area (Å²) in [6.07, 6.45) is 2.05. The van der Waals surface area contributed by atoms with E-state index in [-0.39, 0.29) is 18.4 Å². The fourth-order valence-electron chi connectivity index (χ4n) is 3.15. The van der Waals surface area contributed by atoms with Gasteiger partial charge in [-0.3, -0.25) is 9.78 Å². The van der Waals surface area contributed by atoms with Gasteiger partial charge in [-0.05, 0) is 64.8 Å². The summed E-state index contributed by atoms with van der Waals surface area (Å²) >= 11 is 0. The van der Waals surface area contributed by atoms with Crippen molar-refractivity contribution in [1.82, 2.24) is 4.98 Å². The van der Waals surface area contributed by atoms with Gasteiger partial charge in [0.1, 0.15) is 11.7 Å². The van der Waals surface area contributed by atoms with Crippen molar-refractivity contribution in [3.8, 4) is 0 Å². The third-order valence-corrected chi connectivity index (χ3v) is 5.62. The van der Waals surface area contributed by atoms with Gasteiger partial charge < -0.3 is 14.0 Å². The summed E-state index contributed by atoms with van der Waals surface area (Å²) in [6, 6.07) is 9.76. The van der Waals surface area contributed by atoms with Crippen LogP contribution in [-0.2, 0) is 25.3 Å². The van der Waals surface area contributed by atoms with Crippen molar-refractivity contribution < 1.29 is 23.2 Å². The Morgan fingerprint density at radius 1 is 1.10 bits per heavy atom. The van der Waals surface area contributed by atoms with Crippen molar-refractivity contribution in [3.63, 3.8) is 0 Å². The molecule has 1 aromatic heterocycles. The molecule has 1 fully saturated rings. The maximum Gasteiger partial charge on any atom is 0.496 e. The van der Waals surface area contributed by atoms with E-state index in [0.29, 0.717) is 12.1 Å². The van der Waals surface area contributed by atoms with Crippen molar-refractivity contribution in [2.75, 3.05) is 6.61 Å². The molecule has 1 aliphatic heterocycles. The Hall–Kier alpha value is -2.25. The minimum atomic E-state index is -0.576. The van der Waals surface area contributed by atoms with Gasteiger partial charge in [0.15, 0.2) is 0 Å². The zero-order chi connectivity index (χ0) is 21.2. The van der Waals surface area contributed by atoms with Crippen LogP contribution in [0.1, 0.15) is 51.8 Å². The molecule has 154 valence electrons. The quantitative estimate of drug-likeness (QED) is 0.551. The van der Waals surface area contributed by atoms with Crippen molar-refractivity contribution in [3.05, 3.63) is 59.7 Å². The molecule has 0 spiro atoms. The number of carbonyl (C=O) groups is 1. The monoisotopic (exact) mass is 399 g/mol. The molecule has 1 aromatic carbocycles. The molecule has 7 heteroatoms. The molecule has 2 heterocycles. The summed E-state index contributed by atoms with van der Waals surface area (Å²) in [7, 11) is -0.514. The van der Waals surface area contributed by atoms with Gasteiger partial charge in [-0.25, -0.2) is 4.39 Å². The molecule has 5 nitrogen and oxygen atoms in total. The summed E-state index contributed by atoms with van der Waals surface area (Å²) in [5.74, 6) is -1.24. The van der Waals surface area contributed by atoms with Gasteiger partial charge in [0, 0.05) is 11.7 Å². The zero-order valence-corrected chi connectivity index (χ0v) is 17.6. The van der Waals surface area contributed by atoms with Gasteiger partial charge in [0.2, 0.25) is 0 Å². The molecule has 1 aliphatic rings. The predicted molar refractivity (Wildman–Crippen MR) is 109 cm³/mol. The van der Waals surface area contributed by atoms with E-state index in [4.69, 9.17) is 14.0 Å². The van der Waals surface area contributed by atoms with Crippen LogP contribution < -0.4 is 5.46 Å². The zero-order valence-electron chi connectivity index (χ0n) is 17.6. The van der Waals surface area contributed by atoms with E-state index in [1.165, 1.54) is 12.1 Å². The van der Waals surface area contributed by atoms with Gasteiger partial charge in [-0.15, -0.1) is 0 Å². The minimum absolute atomic E-state index is 0.282. The summed E-state index contributed by atoms with van der Waals surface area (Å²) in [5, 5.41) is 0. The first-order valence-electron chi connectivity index (χ1n) is 9.85. The number of aromatic nitrogens is 1. The number of nitrogens with zero attached hydrogens (tertiary/aromatic N) is 1. The molecule has 1 saturated heterocycles. The molecule has 0 N–H and O–H groups in total. The van der Waals surface area contributed by atoms with Crippen LogP contribution in [0, 0.1) is 5.82 Å². The Kier molecular flexibility index (Phi) is 6.10. The summed E-state index contributed by atoms with van der Waals surface area (Å²) in [6.45, 7) is 10.0. The molecule has 0 aliphatic carbocycles. The maximum atomic E-state index is 13.2. The van der Waals surface area contributed by atoms with Gasteiger partial charge in [0.25, 0.3) is 0 Å². The van der Waals surface area contributed by atoms with E-state index in [1.54, 1.807) is 31.3 Å². The summed E-state index contributed by atoms with van der Waals surface area (Å²) in [5.41, 5.74) is 1.34. The first kappa shape index (κ1) is 21.5. The lowest BCUT2D eigenvalue weighted by Crippen LogP contribution is -2.41. The van der Waals surface area contributed by atoms with Gasteiger partial charge in [0.05, 0.1) is 23.5 Å². The first-order valence-corrected chi connectivity index (χ1v) is 9.85. The highest BCUT2D eigenvalue weighted by molar-refractivity contribution is 6.62. The second kappa shape index (κ2) is 8.24. The number of hydrogen-bond donors (Lipinski definition) is 0. The van der Waals surface area contributed by atoms with Crippen molar-refractivity contribution in [2.24, 2.45) is 0 Å². The first-order chi connectivity index (χ1) is 13.6. The highest BCUT2D eigenvalue weighted by Crippen LogP contribution is 2.36. The Bertz CT molecular complexity index is 836. The van der Waals surface area contributed by atoms with Crippen molar-refractivity contribution >= 4 is 18.6 Å². The number of rotatable bonds is 6. The average Bonchev–Trinajstić information content (AvgIpc) is 2.89. The van der Waals surface area contributed by atoms with Crippen LogP contribution in [0.5, 0.6) is 0 Å². The Balaban J connectivity index is 1.81. The van der Waals surface area contributed by atoms with E-state index >= 15 is 0 Å². The minimum Gasteiger partial charge on any atom is -0.465 e. The molecule has 0 bridgehead atoms. The van der Waals surface area contributed by atoms with Crippen LogP contribution in [0.3, 0.4) is 0 Å². The van der Waals surface area contributed by atoms with Crippen LogP contribution in [0.2, 0.25) is 0 Å². The standard InChI is InChI=1S/C22H27BFNO4/c1-6-27-20(26)18(13-15-7-10-17(24)11-8-15)19-12-9-16(14-25-19)23-28-21(2,3)22(4,5)29-23/h7-12,14,18H,6,13H2,1-5H3. The largest absolute Gasteiger partial charge is 0.496 e. The number of hydrogen-bond acceptors (Lipinski definition) is 5. The lowest BCUT2D eigenvalue weighted by molar-refractivity contribution is -0.145. The molecule has 0 saturated carbocycles. The number of halogens is 1. The Morgan fingerprint density at radius 2 is 1.72 bits per heavy atom. The molecule has 3 rings (SSSR count). The number of pyridine rings is 1. The van der Waals surface area contributed by atoms with Gasteiger partial charge in [-0.1, -0.05) is 18.2 Å². The maximum absolute atomic E-state index is 13.2. The fourth-order valence-corrected chi connectivity index (χ4v) is 3.15. The van der Waals surface area contributed by atoms with Crippen LogP contribution in [0.25, 0.3) is 0 Å². The van der Waals surface area contributed by atoms with E-state index in [0.717, 1.165) is 11.0 Å². The molecule has 29 heavy (non-hydrogen) atoms. The van der Waals surface area contributed by atoms with Crippen LogP contribution >= 0.6 is 0 Å². The number of carbonyl (C=O) groups excluding carboxylic acids is 1. The third-order valence-electron chi connectivity index (χ3n) is 5.62. The van der Waals surface area contributed by atoms with Crippen LogP contribution in [0.15, 0.2) is 42.6 Å². The van der Waals surface area contributed by atoms with Crippen LogP contribution in [-0.4, -0.2) is 35.9 Å². The molecule has 1 unspecified atom stereocenters. The lowest BCUT2D eigenvalue weighted by Gasteiger charge is -2.32. The number of benzene rings is 1. The summed E-state index contributed by atoms with van der Waals surface area (Å²) in [4.78, 5) is 17.0. The third kappa shape index (κ3) is 4.68. The van der Waals surface area contributed by atoms with E-state index in [1.807, 2.05) is 33.8 Å². The van der Waals surface area contributed by atoms with Crippen LogP contribution in [0.4, 0.5) is 4.39 Å². The highest BCUT2D eigenvalue weighted by atomic mass is 19.1. The molecular weight excluding hydrogens is 372 g/mol. The van der Waals surface area contributed by atoms with Gasteiger partial charge >= 0.3 is 13.1 Å². The molecule has 1 atom stereocenters. The van der Waals surface area contributed by atoms with E-state index in [2.05, 4.69) is 4.98 Å². The van der Waals surface area contributed by atoms with Crippen molar-refractivity contribution in [1.29, 1.82) is 0 Å². The van der Waals surface area contributed by atoms with Crippen molar-refractivity contribution in [2.45, 2.75) is 58.2 Å². The van der Waals surface area contributed by atoms with E-state index < -0.39 is 24.2 Å². The fraction of sp³-hybridized carbons (Fsp3) is 0.455. The highest BCUT2D eigenvalue weighted by Gasteiger charge is 2.51. The molecular formula is C22H27BFNO4. The number of esters is 1. The molecule has 0 radical (unpaired) electrons. The number of ether oxygens (including phenoxy) is 1. The lowest BCUT2D eigenvalue weighted by atomic mass is 9.80. The molecule has 2 aromatic rings. The normalized spacial score (nSPS) is 18.5. The summed E-state index contributed by atoms with van der Waals surface area (Å²) < 4.78 is 30.5. The molecule has 0 amide bonds. The second-order valence-electron chi connectivity index (χ2n) is 8.24. The smallest absolute Gasteiger partial charge is 0.465 e. The SMILES string of the molecule is CCOC(=O)C(Cc1ccc(F)cc1)c1ccc(B2OC(C)(C)C(C)(C)O2)cn1. The topological polar surface area (TPSA) is 57.7 Å². The van der Waals surface area contributed by atoms with E-state index in [9.17, 15) is 9.18 Å².